The van der Waals surface area contributed by atoms with Crippen LogP contribution in [-0.4, -0.2) is 76.1 Å². The Morgan fingerprint density at radius 3 is 1.30 bits per heavy atom. The average Bonchev–Trinajstić information content (AvgIpc) is 2.61. The summed E-state index contributed by atoms with van der Waals surface area (Å²) in [5.74, 6) is -1.97. The topological polar surface area (TPSA) is 322 Å². The van der Waals surface area contributed by atoms with Crippen LogP contribution in [0.2, 0.25) is 0 Å². The molecule has 0 saturated heterocycles. The molecule has 0 unspecified atom stereocenters. The first-order chi connectivity index (χ1) is 13.6. The third kappa shape index (κ3) is 30.2. The van der Waals surface area contributed by atoms with Crippen molar-refractivity contribution in [3.8, 4) is 0 Å². The summed E-state index contributed by atoms with van der Waals surface area (Å²) in [6.45, 7) is 0.840. The molecule has 0 aliphatic heterocycles. The molecule has 0 rings (SSSR count). The summed E-state index contributed by atoms with van der Waals surface area (Å²) in [5, 5.41) is 16.8. The number of rotatable bonds is 11. The Hall–Kier alpha value is -2.49. The third-order valence-electron chi connectivity index (χ3n) is 2.81. The van der Waals surface area contributed by atoms with E-state index in [0.29, 0.717) is 38.8 Å². The lowest BCUT2D eigenvalue weighted by atomic mass is 10.2. The van der Waals surface area contributed by atoms with Crippen LogP contribution < -0.4 is 34.4 Å². The van der Waals surface area contributed by atoms with Gasteiger partial charge in [0.1, 0.15) is 12.1 Å². The number of carboxylic acid groups (broad SMARTS) is 2. The van der Waals surface area contributed by atoms with Gasteiger partial charge in [0.05, 0.1) is 0 Å². The molecular formula is C13H33N8O8P. The highest BCUT2D eigenvalue weighted by molar-refractivity contribution is 7.46. The van der Waals surface area contributed by atoms with Gasteiger partial charge in [0.25, 0.3) is 0 Å². The van der Waals surface area contributed by atoms with Crippen molar-refractivity contribution in [2.45, 2.75) is 37.8 Å². The highest BCUT2D eigenvalue weighted by Crippen LogP contribution is 2.33. The summed E-state index contributed by atoms with van der Waals surface area (Å²) in [6, 6.07) is -1.64. The lowest BCUT2D eigenvalue weighted by Crippen LogP contribution is -2.30. The van der Waals surface area contributed by atoms with E-state index >= 15 is 0 Å². The zero-order valence-electron chi connectivity index (χ0n) is 16.6. The molecule has 17 heteroatoms. The van der Waals surface area contributed by atoms with Crippen LogP contribution in [0.3, 0.4) is 0 Å². The second-order valence-electron chi connectivity index (χ2n) is 5.46. The minimum absolute atomic E-state index is 0.0129. The first-order valence-electron chi connectivity index (χ1n) is 8.32. The van der Waals surface area contributed by atoms with Gasteiger partial charge in [-0.25, -0.2) is 4.57 Å². The van der Waals surface area contributed by atoms with Crippen LogP contribution >= 0.6 is 7.82 Å². The fraction of sp³-hybridized carbons (Fsp3) is 0.692. The predicted octanol–water partition coefficient (Wildman–Crippen LogP) is -3.37. The van der Waals surface area contributed by atoms with Gasteiger partial charge in [-0.3, -0.25) is 24.1 Å². The first kappa shape index (κ1) is 32.2. The molecule has 0 bridgehead atoms. The second kappa shape index (κ2) is 18.5. The number of guanidine groups is 2. The van der Waals surface area contributed by atoms with Gasteiger partial charge in [-0.2, -0.15) is 0 Å². The van der Waals surface area contributed by atoms with Crippen molar-refractivity contribution in [3.63, 3.8) is 0 Å². The van der Waals surface area contributed by atoms with Crippen LogP contribution in [0.25, 0.3) is 0 Å². The number of hydrogen-bond acceptors (Lipinski definition) is 8. The van der Waals surface area contributed by atoms with E-state index in [0.717, 1.165) is 7.11 Å². The fourth-order valence-corrected chi connectivity index (χ4v) is 1.29. The summed E-state index contributed by atoms with van der Waals surface area (Å²) in [7, 11) is -3.20. The summed E-state index contributed by atoms with van der Waals surface area (Å²) in [6.07, 6.45) is 1.91. The first-order valence-corrected chi connectivity index (χ1v) is 9.85. The number of nitrogens with zero attached hydrogens (tertiary/aromatic N) is 2. The molecule has 16 nitrogen and oxygen atoms in total. The lowest BCUT2D eigenvalue weighted by molar-refractivity contribution is -0.139. The number of carboxylic acids is 2. The largest absolute Gasteiger partial charge is 0.480 e. The number of nitrogens with two attached hydrogens (primary N) is 6. The van der Waals surface area contributed by atoms with E-state index < -0.39 is 31.8 Å². The lowest BCUT2D eigenvalue weighted by Gasteiger charge is -2.03. The van der Waals surface area contributed by atoms with Gasteiger partial charge in [0.2, 0.25) is 0 Å². The molecule has 0 radical (unpaired) electrons. The van der Waals surface area contributed by atoms with Gasteiger partial charge in [0, 0.05) is 20.2 Å². The minimum Gasteiger partial charge on any atom is -0.480 e. The van der Waals surface area contributed by atoms with Gasteiger partial charge in [-0.05, 0) is 25.7 Å². The third-order valence-corrected chi connectivity index (χ3v) is 3.28. The molecule has 2 atom stereocenters. The number of carbonyl (C=O) groups is 2. The van der Waals surface area contributed by atoms with Crippen LogP contribution in [-0.2, 0) is 18.7 Å². The Morgan fingerprint density at radius 2 is 1.13 bits per heavy atom. The molecule has 0 fully saturated rings. The van der Waals surface area contributed by atoms with E-state index in [9.17, 15) is 14.2 Å². The van der Waals surface area contributed by atoms with Gasteiger partial charge >= 0.3 is 19.8 Å². The van der Waals surface area contributed by atoms with Crippen molar-refractivity contribution in [1.82, 2.24) is 0 Å². The van der Waals surface area contributed by atoms with Gasteiger partial charge in [0.15, 0.2) is 11.9 Å². The molecule has 16 N–H and O–H groups in total. The van der Waals surface area contributed by atoms with Crippen molar-refractivity contribution < 1.29 is 38.7 Å². The van der Waals surface area contributed by atoms with Gasteiger partial charge in [-0.1, -0.05) is 0 Å². The average molecular weight is 460 g/mol. The van der Waals surface area contributed by atoms with Crippen LogP contribution in [0.4, 0.5) is 0 Å². The van der Waals surface area contributed by atoms with Crippen LogP contribution in [0.1, 0.15) is 25.7 Å². The molecule has 0 heterocycles. The molecule has 0 aromatic heterocycles. The normalized spacial score (nSPS) is 12.0. The molecule has 0 aliphatic rings. The van der Waals surface area contributed by atoms with E-state index in [-0.39, 0.29) is 11.9 Å². The van der Waals surface area contributed by atoms with Crippen molar-refractivity contribution in [3.05, 3.63) is 0 Å². The maximum absolute atomic E-state index is 10.2. The molecule has 0 amide bonds. The zero-order chi connectivity index (χ0) is 24.3. The number of hydrogen-bond donors (Lipinski definition) is 10. The Labute approximate surface area is 173 Å². The Morgan fingerprint density at radius 1 is 0.867 bits per heavy atom. The summed E-state index contributed by atoms with van der Waals surface area (Å²) in [5.41, 5.74) is 30.6. The van der Waals surface area contributed by atoms with E-state index in [1.165, 1.54) is 0 Å². The monoisotopic (exact) mass is 460 g/mol. The predicted molar refractivity (Wildman–Crippen MR) is 110 cm³/mol. The van der Waals surface area contributed by atoms with Crippen LogP contribution in [0, 0.1) is 0 Å². The highest BCUT2D eigenvalue weighted by Gasteiger charge is 2.10. The molecule has 0 aliphatic carbocycles. The van der Waals surface area contributed by atoms with Crippen molar-refractivity contribution >= 4 is 31.7 Å². The molecule has 0 spiro atoms. The molecular weight excluding hydrogens is 427 g/mol. The number of phosphoric ester groups is 1. The molecule has 0 aromatic rings. The minimum atomic E-state index is -4.15. The van der Waals surface area contributed by atoms with Gasteiger partial charge < -0.3 is 54.4 Å². The quantitative estimate of drug-likeness (QED) is 0.0622. The van der Waals surface area contributed by atoms with E-state index in [1.54, 1.807) is 0 Å². The Balaban J connectivity index is -0.000000386. The van der Waals surface area contributed by atoms with E-state index in [4.69, 9.17) is 54.4 Å². The van der Waals surface area contributed by atoms with Crippen LogP contribution in [0.15, 0.2) is 9.98 Å². The molecule has 0 aromatic carbocycles. The Kier molecular flexibility index (Phi) is 19.9. The SMILES string of the molecule is COP(=O)(O)O.NC(N)=NCCC[C@H](N)C(=O)O.NC(N)=NCCC[C@H](N)C(=O)O. The molecule has 178 valence electrons. The maximum Gasteiger partial charge on any atom is 0.469 e. The van der Waals surface area contributed by atoms with Crippen LogP contribution in [0.5, 0.6) is 0 Å². The summed E-state index contributed by atoms with van der Waals surface area (Å²) >= 11 is 0. The zero-order valence-corrected chi connectivity index (χ0v) is 17.5. The van der Waals surface area contributed by atoms with E-state index in [1.807, 2.05) is 0 Å². The number of aliphatic carboxylic acids is 2. The van der Waals surface area contributed by atoms with Crippen molar-refractivity contribution in [1.29, 1.82) is 0 Å². The standard InChI is InChI=1S/2C6H14N4O2.CH5O4P/c2*7-4(5(11)12)2-1-3-10-6(8)9;1-5-6(2,3)4/h2*4H,1-3,7H2,(H,11,12)(H4,8,9,10);1H3,(H2,2,3,4)/t2*4-;/m00./s1. The number of phosphoric acid groups is 1. The fourth-order valence-electron chi connectivity index (χ4n) is 1.29. The van der Waals surface area contributed by atoms with Gasteiger partial charge in [-0.15, -0.1) is 0 Å². The summed E-state index contributed by atoms with van der Waals surface area (Å²) in [4.78, 5) is 43.2. The second-order valence-corrected chi connectivity index (χ2v) is 6.81. The van der Waals surface area contributed by atoms with E-state index in [2.05, 4.69) is 14.5 Å². The molecule has 0 saturated carbocycles. The number of aliphatic imine (C=N–C) groups is 2. The maximum atomic E-state index is 10.2. The Bertz CT molecular complexity index is 550. The smallest absolute Gasteiger partial charge is 0.469 e. The highest BCUT2D eigenvalue weighted by atomic mass is 31.2. The van der Waals surface area contributed by atoms with Crippen molar-refractivity contribution in [2.75, 3.05) is 20.2 Å². The van der Waals surface area contributed by atoms with Crippen molar-refractivity contribution in [2.24, 2.45) is 44.4 Å². The summed E-state index contributed by atoms with van der Waals surface area (Å²) < 4.78 is 13.1. The molecule has 30 heavy (non-hydrogen) atoms.